The zero-order valence-electron chi connectivity index (χ0n) is 12.4. The van der Waals surface area contributed by atoms with Crippen molar-refractivity contribution in [3.63, 3.8) is 0 Å². The van der Waals surface area contributed by atoms with E-state index in [9.17, 15) is 4.79 Å². The van der Waals surface area contributed by atoms with Crippen LogP contribution >= 0.6 is 43.2 Å². The first kappa shape index (κ1) is 15.8. The van der Waals surface area contributed by atoms with Crippen LogP contribution in [0.3, 0.4) is 0 Å². The molecule has 0 aliphatic rings. The van der Waals surface area contributed by atoms with Gasteiger partial charge in [0.15, 0.2) is 4.96 Å². The van der Waals surface area contributed by atoms with E-state index in [4.69, 9.17) is 4.74 Å². The minimum Gasteiger partial charge on any atom is -0.494 e. The van der Waals surface area contributed by atoms with Crippen LogP contribution in [0.15, 0.2) is 50.1 Å². The highest BCUT2D eigenvalue weighted by atomic mass is 79.9. The molecule has 0 radical (unpaired) electrons. The summed E-state index contributed by atoms with van der Waals surface area (Å²) in [5, 5.41) is 0. The van der Waals surface area contributed by atoms with Crippen LogP contribution in [-0.2, 0) is 0 Å². The van der Waals surface area contributed by atoms with E-state index in [0.29, 0.717) is 9.49 Å². The summed E-state index contributed by atoms with van der Waals surface area (Å²) < 4.78 is 9.27. The number of imidazole rings is 1. The van der Waals surface area contributed by atoms with E-state index in [1.807, 2.05) is 42.5 Å². The Morgan fingerprint density at radius 2 is 1.92 bits per heavy atom. The highest BCUT2D eigenvalue weighted by Gasteiger charge is 2.11. The third kappa shape index (κ3) is 2.47. The van der Waals surface area contributed by atoms with Gasteiger partial charge >= 0.3 is 0 Å². The van der Waals surface area contributed by atoms with Gasteiger partial charge < -0.3 is 4.74 Å². The van der Waals surface area contributed by atoms with Gasteiger partial charge in [-0.3, -0.25) is 4.79 Å². The fraction of sp³-hybridized carbons (Fsp3) is 0.0588. The fourth-order valence-corrected chi connectivity index (χ4v) is 5.15. The Balaban J connectivity index is 1.95. The van der Waals surface area contributed by atoms with Gasteiger partial charge in [0.2, 0.25) is 0 Å². The van der Waals surface area contributed by atoms with Crippen LogP contribution in [0.5, 0.6) is 5.75 Å². The Hall–Kier alpha value is -1.70. The van der Waals surface area contributed by atoms with Crippen molar-refractivity contribution in [1.82, 2.24) is 9.38 Å². The van der Waals surface area contributed by atoms with E-state index in [-0.39, 0.29) is 5.56 Å². The Kier molecular flexibility index (Phi) is 3.94. The molecule has 0 N–H and O–H groups in total. The van der Waals surface area contributed by atoms with Gasteiger partial charge in [-0.05, 0) is 67.8 Å². The van der Waals surface area contributed by atoms with Crippen LogP contribution in [0, 0.1) is 0 Å². The Bertz CT molecular complexity index is 1170. The predicted molar refractivity (Wildman–Crippen MR) is 104 cm³/mol. The summed E-state index contributed by atoms with van der Waals surface area (Å²) in [6, 6.07) is 11.5. The molecular weight excluding hydrogens is 456 g/mol. The van der Waals surface area contributed by atoms with Crippen LogP contribution in [-0.4, -0.2) is 16.5 Å². The number of nitrogens with zero attached hydrogens (tertiary/aromatic N) is 2. The molecule has 0 saturated heterocycles. The molecule has 7 heteroatoms. The number of methoxy groups -OCH3 is 1. The molecular formula is C17H10Br2N2O2S. The molecule has 0 aliphatic carbocycles. The van der Waals surface area contributed by atoms with E-state index in [2.05, 4.69) is 36.8 Å². The summed E-state index contributed by atoms with van der Waals surface area (Å²) in [5.74, 6) is 0.724. The van der Waals surface area contributed by atoms with Gasteiger partial charge in [0.25, 0.3) is 5.56 Å². The zero-order chi connectivity index (χ0) is 16.8. The van der Waals surface area contributed by atoms with E-state index < -0.39 is 0 Å². The zero-order valence-corrected chi connectivity index (χ0v) is 16.4. The van der Waals surface area contributed by atoms with Crippen LogP contribution in [0.1, 0.15) is 5.56 Å². The van der Waals surface area contributed by atoms with Crippen molar-refractivity contribution in [2.75, 3.05) is 7.11 Å². The second-order valence-corrected chi connectivity index (χ2v) is 7.87. The van der Waals surface area contributed by atoms with Gasteiger partial charge in [-0.1, -0.05) is 23.5 Å². The van der Waals surface area contributed by atoms with Gasteiger partial charge in [0, 0.05) is 0 Å². The lowest BCUT2D eigenvalue weighted by Crippen LogP contribution is -2.22. The van der Waals surface area contributed by atoms with E-state index in [0.717, 1.165) is 31.3 Å². The molecule has 24 heavy (non-hydrogen) atoms. The number of benzene rings is 2. The van der Waals surface area contributed by atoms with Crippen molar-refractivity contribution in [2.24, 2.45) is 0 Å². The molecule has 0 fully saturated rings. The molecule has 4 aromatic rings. The summed E-state index contributed by atoms with van der Waals surface area (Å²) in [7, 11) is 1.61. The molecule has 120 valence electrons. The first-order valence-corrected chi connectivity index (χ1v) is 9.43. The number of fused-ring (bicyclic) bond motifs is 3. The second kappa shape index (κ2) is 5.98. The molecule has 4 rings (SSSR count). The molecule has 0 atom stereocenters. The number of ether oxygens (including phenoxy) is 1. The first-order chi connectivity index (χ1) is 11.6. The van der Waals surface area contributed by atoms with Crippen molar-refractivity contribution < 1.29 is 4.74 Å². The maximum absolute atomic E-state index is 12.8. The molecule has 0 bridgehead atoms. The first-order valence-electron chi connectivity index (χ1n) is 7.03. The molecule has 0 unspecified atom stereocenters. The lowest BCUT2D eigenvalue weighted by atomic mass is 10.2. The topological polar surface area (TPSA) is 43.6 Å². The number of hydrogen-bond acceptors (Lipinski definition) is 4. The van der Waals surface area contributed by atoms with Crippen molar-refractivity contribution in [3.05, 3.63) is 65.8 Å². The Morgan fingerprint density at radius 1 is 1.21 bits per heavy atom. The summed E-state index contributed by atoms with van der Waals surface area (Å²) >= 11 is 8.35. The maximum Gasteiger partial charge on any atom is 0.274 e. The highest BCUT2D eigenvalue weighted by molar-refractivity contribution is 9.11. The van der Waals surface area contributed by atoms with Crippen molar-refractivity contribution in [1.29, 1.82) is 0 Å². The van der Waals surface area contributed by atoms with Gasteiger partial charge in [-0.25, -0.2) is 9.38 Å². The quantitative estimate of drug-likeness (QED) is 0.449. The maximum atomic E-state index is 12.8. The highest BCUT2D eigenvalue weighted by Crippen LogP contribution is 2.34. The number of aromatic nitrogens is 2. The van der Waals surface area contributed by atoms with Gasteiger partial charge in [-0.2, -0.15) is 0 Å². The number of halogens is 2. The SMILES string of the molecule is COc1c(Br)cc(C=c2sc3nc4ccccc4n3c2=O)cc1Br. The monoisotopic (exact) mass is 464 g/mol. The van der Waals surface area contributed by atoms with Crippen molar-refractivity contribution in [3.8, 4) is 5.75 Å². The van der Waals surface area contributed by atoms with Crippen LogP contribution < -0.4 is 14.8 Å². The van der Waals surface area contributed by atoms with Crippen LogP contribution in [0.2, 0.25) is 0 Å². The van der Waals surface area contributed by atoms with Crippen molar-refractivity contribution in [2.45, 2.75) is 0 Å². The minimum absolute atomic E-state index is 0.0493. The van der Waals surface area contributed by atoms with E-state index >= 15 is 0 Å². The summed E-state index contributed by atoms with van der Waals surface area (Å²) in [5.41, 5.74) is 2.53. The van der Waals surface area contributed by atoms with Crippen molar-refractivity contribution >= 4 is 65.3 Å². The molecule has 0 aliphatic heterocycles. The van der Waals surface area contributed by atoms with Gasteiger partial charge in [0.1, 0.15) is 5.75 Å². The number of rotatable bonds is 2. The molecule has 2 aromatic heterocycles. The average Bonchev–Trinajstić information content (AvgIpc) is 3.04. The number of para-hydroxylation sites is 2. The van der Waals surface area contributed by atoms with Gasteiger partial charge in [-0.15, -0.1) is 0 Å². The smallest absolute Gasteiger partial charge is 0.274 e. The summed E-state index contributed by atoms with van der Waals surface area (Å²) in [4.78, 5) is 18.0. The third-order valence-corrected chi connectivity index (χ3v) is 5.81. The summed E-state index contributed by atoms with van der Waals surface area (Å²) in [6.07, 6.45) is 1.87. The average molecular weight is 466 g/mol. The third-order valence-electron chi connectivity index (χ3n) is 3.67. The van der Waals surface area contributed by atoms with Crippen LogP contribution in [0.4, 0.5) is 0 Å². The molecule has 4 nitrogen and oxygen atoms in total. The number of hydrogen-bond donors (Lipinski definition) is 0. The number of thiazole rings is 1. The second-order valence-electron chi connectivity index (χ2n) is 5.15. The Labute approximate surface area is 157 Å². The van der Waals surface area contributed by atoms with E-state index in [1.54, 1.807) is 11.5 Å². The normalized spacial score (nSPS) is 12.4. The Morgan fingerprint density at radius 3 is 2.62 bits per heavy atom. The summed E-state index contributed by atoms with van der Waals surface area (Å²) in [6.45, 7) is 0. The molecule has 0 amide bonds. The van der Waals surface area contributed by atoms with E-state index in [1.165, 1.54) is 11.3 Å². The molecule has 2 aromatic carbocycles. The van der Waals surface area contributed by atoms with Gasteiger partial charge in [0.05, 0.1) is 31.6 Å². The largest absolute Gasteiger partial charge is 0.494 e. The lowest BCUT2D eigenvalue weighted by molar-refractivity contribution is 0.409. The fourth-order valence-electron chi connectivity index (χ4n) is 2.62. The molecule has 0 saturated carbocycles. The minimum atomic E-state index is -0.0493. The molecule has 0 spiro atoms. The standard InChI is InChI=1S/C17H10Br2N2O2S/c1-23-15-10(18)6-9(7-11(15)19)8-14-16(22)21-13-5-3-2-4-12(13)20-17(21)24-14/h2-8H,1H3. The lowest BCUT2D eigenvalue weighted by Gasteiger charge is -2.06. The predicted octanol–water partition coefficient (Wildman–Crippen LogP) is 3.99. The molecule has 2 heterocycles. The van der Waals surface area contributed by atoms with Crippen LogP contribution in [0.25, 0.3) is 22.1 Å².